The largest absolute Gasteiger partial charge is 0.349 e. The van der Waals surface area contributed by atoms with E-state index in [2.05, 4.69) is 22.7 Å². The van der Waals surface area contributed by atoms with Gasteiger partial charge in [0.05, 0.1) is 11.8 Å². The molecule has 2 unspecified atom stereocenters. The molecule has 0 aliphatic carbocycles. The maximum Gasteiger partial charge on any atom is 0.254 e. The van der Waals surface area contributed by atoms with Crippen LogP contribution in [0.5, 0.6) is 0 Å². The number of nitrogens with one attached hydrogen (secondary N) is 2. The molecule has 1 aromatic heterocycles. The summed E-state index contributed by atoms with van der Waals surface area (Å²) in [4.78, 5) is 12.0. The summed E-state index contributed by atoms with van der Waals surface area (Å²) in [7, 11) is 0. The SMILES string of the molecule is CCn1cc(C(=O)NC2CCNCC2C)cn1. The highest BCUT2D eigenvalue weighted by Gasteiger charge is 2.23. The number of hydrogen-bond acceptors (Lipinski definition) is 3. The zero-order valence-corrected chi connectivity index (χ0v) is 10.4. The van der Waals surface area contributed by atoms with Crippen LogP contribution in [0, 0.1) is 5.92 Å². The number of amides is 1. The van der Waals surface area contributed by atoms with Gasteiger partial charge in [-0.3, -0.25) is 9.48 Å². The van der Waals surface area contributed by atoms with Gasteiger partial charge in [-0.15, -0.1) is 0 Å². The predicted octanol–water partition coefficient (Wildman–Crippen LogP) is 0.631. The molecule has 2 heterocycles. The van der Waals surface area contributed by atoms with Crippen LogP contribution in [0.15, 0.2) is 12.4 Å². The molecule has 1 aliphatic rings. The van der Waals surface area contributed by atoms with Crippen LogP contribution >= 0.6 is 0 Å². The Kier molecular flexibility index (Phi) is 3.78. The summed E-state index contributed by atoms with van der Waals surface area (Å²) >= 11 is 0. The van der Waals surface area contributed by atoms with Gasteiger partial charge in [-0.05, 0) is 32.4 Å². The Balaban J connectivity index is 1.96. The average molecular weight is 236 g/mol. The molecule has 1 aromatic rings. The quantitative estimate of drug-likeness (QED) is 0.809. The first kappa shape index (κ1) is 12.1. The van der Waals surface area contributed by atoms with Crippen LogP contribution in [0.2, 0.25) is 0 Å². The van der Waals surface area contributed by atoms with Gasteiger partial charge in [-0.2, -0.15) is 5.10 Å². The van der Waals surface area contributed by atoms with Gasteiger partial charge in [0.15, 0.2) is 0 Å². The van der Waals surface area contributed by atoms with Crippen LogP contribution in [0.4, 0.5) is 0 Å². The van der Waals surface area contributed by atoms with Gasteiger partial charge in [0.25, 0.3) is 5.91 Å². The summed E-state index contributed by atoms with van der Waals surface area (Å²) in [6, 6.07) is 0.272. The van der Waals surface area contributed by atoms with Crippen molar-refractivity contribution >= 4 is 5.91 Å². The summed E-state index contributed by atoms with van der Waals surface area (Å²) in [5, 5.41) is 10.5. The van der Waals surface area contributed by atoms with E-state index in [9.17, 15) is 4.79 Å². The Bertz CT molecular complexity index is 388. The molecule has 5 nitrogen and oxygen atoms in total. The molecule has 17 heavy (non-hydrogen) atoms. The zero-order chi connectivity index (χ0) is 12.3. The highest BCUT2D eigenvalue weighted by atomic mass is 16.1. The van der Waals surface area contributed by atoms with E-state index in [1.807, 2.05) is 6.92 Å². The van der Waals surface area contributed by atoms with Crippen molar-refractivity contribution in [3.05, 3.63) is 18.0 Å². The predicted molar refractivity (Wildman–Crippen MR) is 65.8 cm³/mol. The minimum absolute atomic E-state index is 0.0107. The van der Waals surface area contributed by atoms with E-state index in [-0.39, 0.29) is 11.9 Å². The number of aryl methyl sites for hydroxylation is 1. The minimum Gasteiger partial charge on any atom is -0.349 e. The van der Waals surface area contributed by atoms with Crippen LogP contribution in [0.25, 0.3) is 0 Å². The van der Waals surface area contributed by atoms with Crippen molar-refractivity contribution in [2.75, 3.05) is 13.1 Å². The number of piperidine rings is 1. The Morgan fingerprint density at radius 3 is 3.18 bits per heavy atom. The molecule has 2 rings (SSSR count). The highest BCUT2D eigenvalue weighted by Crippen LogP contribution is 2.11. The molecule has 1 saturated heterocycles. The molecule has 94 valence electrons. The van der Waals surface area contributed by atoms with Crippen molar-refractivity contribution in [1.82, 2.24) is 20.4 Å². The number of carbonyl (C=O) groups is 1. The number of nitrogens with zero attached hydrogens (tertiary/aromatic N) is 2. The number of carbonyl (C=O) groups excluding carboxylic acids is 1. The highest BCUT2D eigenvalue weighted by molar-refractivity contribution is 5.93. The fourth-order valence-corrected chi connectivity index (χ4v) is 2.13. The maximum absolute atomic E-state index is 12.0. The number of hydrogen-bond donors (Lipinski definition) is 2. The first-order valence-corrected chi connectivity index (χ1v) is 6.24. The summed E-state index contributed by atoms with van der Waals surface area (Å²) in [5.74, 6) is 0.470. The van der Waals surface area contributed by atoms with Gasteiger partial charge in [0.1, 0.15) is 0 Å². The van der Waals surface area contributed by atoms with E-state index in [0.717, 1.165) is 26.1 Å². The van der Waals surface area contributed by atoms with Crippen LogP contribution < -0.4 is 10.6 Å². The van der Waals surface area contributed by atoms with Crippen molar-refractivity contribution in [2.45, 2.75) is 32.9 Å². The topological polar surface area (TPSA) is 59.0 Å². The van der Waals surface area contributed by atoms with E-state index in [0.29, 0.717) is 11.5 Å². The van der Waals surface area contributed by atoms with Crippen LogP contribution in [0.1, 0.15) is 30.6 Å². The minimum atomic E-state index is -0.0107. The molecule has 2 atom stereocenters. The number of aromatic nitrogens is 2. The second kappa shape index (κ2) is 5.31. The third kappa shape index (κ3) is 2.85. The van der Waals surface area contributed by atoms with Crippen molar-refractivity contribution < 1.29 is 4.79 Å². The standard InChI is InChI=1S/C12H20N4O/c1-3-16-8-10(7-14-16)12(17)15-11-4-5-13-6-9(11)2/h7-9,11,13H,3-6H2,1-2H3,(H,15,17). The molecule has 0 aromatic carbocycles. The third-order valence-electron chi connectivity index (χ3n) is 3.32. The molecule has 5 heteroatoms. The lowest BCUT2D eigenvalue weighted by molar-refractivity contribution is 0.0914. The first-order chi connectivity index (χ1) is 8.20. The summed E-state index contributed by atoms with van der Waals surface area (Å²) in [6.07, 6.45) is 4.42. The molecule has 1 amide bonds. The van der Waals surface area contributed by atoms with E-state index in [1.54, 1.807) is 17.1 Å². The zero-order valence-electron chi connectivity index (χ0n) is 10.4. The molecular formula is C12H20N4O. The average Bonchev–Trinajstić information content (AvgIpc) is 2.81. The normalized spacial score (nSPS) is 24.6. The van der Waals surface area contributed by atoms with Crippen molar-refractivity contribution in [2.24, 2.45) is 5.92 Å². The van der Waals surface area contributed by atoms with Gasteiger partial charge in [-0.1, -0.05) is 6.92 Å². The van der Waals surface area contributed by atoms with E-state index < -0.39 is 0 Å². The molecular weight excluding hydrogens is 216 g/mol. The van der Waals surface area contributed by atoms with Gasteiger partial charge in [0.2, 0.25) is 0 Å². The van der Waals surface area contributed by atoms with Gasteiger partial charge < -0.3 is 10.6 Å². The molecule has 2 N–H and O–H groups in total. The Morgan fingerprint density at radius 1 is 1.71 bits per heavy atom. The lowest BCUT2D eigenvalue weighted by atomic mass is 9.95. The van der Waals surface area contributed by atoms with Crippen LogP contribution in [-0.4, -0.2) is 34.8 Å². The first-order valence-electron chi connectivity index (χ1n) is 6.24. The van der Waals surface area contributed by atoms with Crippen LogP contribution in [0.3, 0.4) is 0 Å². The second-order valence-electron chi connectivity index (χ2n) is 4.63. The fraction of sp³-hybridized carbons (Fsp3) is 0.667. The molecule has 0 spiro atoms. The second-order valence-corrected chi connectivity index (χ2v) is 4.63. The lowest BCUT2D eigenvalue weighted by Gasteiger charge is -2.30. The molecule has 1 aliphatic heterocycles. The Labute approximate surface area is 102 Å². The maximum atomic E-state index is 12.0. The van der Waals surface area contributed by atoms with E-state index in [1.165, 1.54) is 0 Å². The molecule has 1 fully saturated rings. The van der Waals surface area contributed by atoms with Gasteiger partial charge >= 0.3 is 0 Å². The Hall–Kier alpha value is -1.36. The Morgan fingerprint density at radius 2 is 2.53 bits per heavy atom. The van der Waals surface area contributed by atoms with Gasteiger partial charge in [0, 0.05) is 18.8 Å². The molecule has 0 saturated carbocycles. The smallest absolute Gasteiger partial charge is 0.254 e. The van der Waals surface area contributed by atoms with Crippen molar-refractivity contribution in [1.29, 1.82) is 0 Å². The number of rotatable bonds is 3. The fourth-order valence-electron chi connectivity index (χ4n) is 2.13. The van der Waals surface area contributed by atoms with E-state index >= 15 is 0 Å². The molecule has 0 radical (unpaired) electrons. The van der Waals surface area contributed by atoms with Crippen molar-refractivity contribution in [3.63, 3.8) is 0 Å². The molecule has 0 bridgehead atoms. The van der Waals surface area contributed by atoms with Crippen LogP contribution in [-0.2, 0) is 6.54 Å². The van der Waals surface area contributed by atoms with Crippen molar-refractivity contribution in [3.8, 4) is 0 Å². The third-order valence-corrected chi connectivity index (χ3v) is 3.32. The monoisotopic (exact) mass is 236 g/mol. The van der Waals surface area contributed by atoms with E-state index in [4.69, 9.17) is 0 Å². The summed E-state index contributed by atoms with van der Waals surface area (Å²) in [5.41, 5.74) is 0.651. The van der Waals surface area contributed by atoms with Gasteiger partial charge in [-0.25, -0.2) is 0 Å². The summed E-state index contributed by atoms with van der Waals surface area (Å²) in [6.45, 7) is 6.90. The summed E-state index contributed by atoms with van der Waals surface area (Å²) < 4.78 is 1.76. The lowest BCUT2D eigenvalue weighted by Crippen LogP contribution is -2.48.